The van der Waals surface area contributed by atoms with Crippen molar-refractivity contribution < 1.29 is 28.5 Å². The van der Waals surface area contributed by atoms with Gasteiger partial charge in [-0.1, -0.05) is 24.7 Å². The molecule has 1 aliphatic heterocycles. The van der Waals surface area contributed by atoms with Crippen LogP contribution < -0.4 is 33.8 Å². The Labute approximate surface area is 244 Å². The number of allylic oxidation sites excluding steroid dienone is 1. The maximum absolute atomic E-state index is 14.1. The van der Waals surface area contributed by atoms with E-state index in [4.69, 9.17) is 28.7 Å². The number of hydrogen-bond acceptors (Lipinski definition) is 9. The summed E-state index contributed by atoms with van der Waals surface area (Å²) in [5.74, 6) is 1.61. The van der Waals surface area contributed by atoms with Gasteiger partial charge in [-0.25, -0.2) is 9.79 Å². The van der Waals surface area contributed by atoms with Gasteiger partial charge >= 0.3 is 5.97 Å². The van der Waals surface area contributed by atoms with Gasteiger partial charge in [-0.05, 0) is 71.2 Å². The van der Waals surface area contributed by atoms with E-state index < -0.39 is 12.0 Å². The topological polar surface area (TPSA) is 97.6 Å². The van der Waals surface area contributed by atoms with Gasteiger partial charge in [0.15, 0.2) is 16.3 Å². The first-order valence-electron chi connectivity index (χ1n) is 12.7. The number of fused-ring (bicyclic) bond motifs is 1. The number of methoxy groups -OCH3 is 4. The highest BCUT2D eigenvalue weighted by Crippen LogP contribution is 2.39. The Hall–Kier alpha value is -3.57. The molecule has 4 rings (SSSR count). The normalized spacial score (nSPS) is 14.9. The van der Waals surface area contributed by atoms with Gasteiger partial charge in [0.2, 0.25) is 0 Å². The Kier molecular flexibility index (Phi) is 9.36. The SMILES string of the molecule is CCCC1=C(C(=O)OCC)[C@@H](c2cc(OC)ccc2OC)n2c(s/c(=C\c3cc(Br)c(OC)c(OC)c3)c2=O)=N1. The average molecular weight is 632 g/mol. The van der Waals surface area contributed by atoms with E-state index in [1.165, 1.54) is 15.9 Å². The molecular formula is C29H31BrN2O7S. The third-order valence-corrected chi connectivity index (χ3v) is 7.95. The molecule has 2 aromatic carbocycles. The van der Waals surface area contributed by atoms with E-state index in [2.05, 4.69) is 15.9 Å². The molecule has 0 spiro atoms. The fourth-order valence-corrected chi connectivity index (χ4v) is 6.28. The highest BCUT2D eigenvalue weighted by atomic mass is 79.9. The predicted molar refractivity (Wildman–Crippen MR) is 156 cm³/mol. The summed E-state index contributed by atoms with van der Waals surface area (Å²) in [6, 6.07) is 8.10. The van der Waals surface area contributed by atoms with E-state index in [0.29, 0.717) is 60.1 Å². The largest absolute Gasteiger partial charge is 0.497 e. The van der Waals surface area contributed by atoms with Crippen molar-refractivity contribution >= 4 is 39.3 Å². The number of aromatic nitrogens is 1. The van der Waals surface area contributed by atoms with Crippen LogP contribution in [0, 0.1) is 0 Å². The number of benzene rings is 2. The van der Waals surface area contributed by atoms with Crippen molar-refractivity contribution in [2.75, 3.05) is 35.0 Å². The Morgan fingerprint density at radius 2 is 1.80 bits per heavy atom. The van der Waals surface area contributed by atoms with Crippen molar-refractivity contribution in [1.82, 2.24) is 4.57 Å². The summed E-state index contributed by atoms with van der Waals surface area (Å²) >= 11 is 4.76. The monoisotopic (exact) mass is 630 g/mol. The number of esters is 1. The van der Waals surface area contributed by atoms with E-state index in [-0.39, 0.29) is 12.2 Å². The summed E-state index contributed by atoms with van der Waals surface area (Å²) in [7, 11) is 6.21. The highest BCUT2D eigenvalue weighted by Gasteiger charge is 2.36. The summed E-state index contributed by atoms with van der Waals surface area (Å²) in [5.41, 5.74) is 1.90. The van der Waals surface area contributed by atoms with Gasteiger partial charge in [0.1, 0.15) is 17.5 Å². The van der Waals surface area contributed by atoms with Crippen LogP contribution in [0.25, 0.3) is 6.08 Å². The second kappa shape index (κ2) is 12.7. The van der Waals surface area contributed by atoms with Crippen LogP contribution in [0.4, 0.5) is 0 Å². The van der Waals surface area contributed by atoms with E-state index >= 15 is 0 Å². The Morgan fingerprint density at radius 1 is 1.05 bits per heavy atom. The lowest BCUT2D eigenvalue weighted by atomic mass is 9.93. The van der Waals surface area contributed by atoms with Crippen molar-refractivity contribution in [2.45, 2.75) is 32.7 Å². The molecule has 1 aliphatic rings. The van der Waals surface area contributed by atoms with Crippen LogP contribution in [0.3, 0.4) is 0 Å². The fourth-order valence-electron chi connectivity index (χ4n) is 4.64. The Bertz CT molecular complexity index is 1640. The van der Waals surface area contributed by atoms with Crippen LogP contribution in [0.15, 0.2) is 55.9 Å². The minimum absolute atomic E-state index is 0.183. The molecule has 1 aromatic heterocycles. The molecule has 9 nitrogen and oxygen atoms in total. The quantitative estimate of drug-likeness (QED) is 0.307. The van der Waals surface area contributed by atoms with E-state index in [1.54, 1.807) is 65.7 Å². The molecule has 0 amide bonds. The first-order valence-corrected chi connectivity index (χ1v) is 14.3. The molecule has 0 N–H and O–H groups in total. The van der Waals surface area contributed by atoms with Gasteiger partial charge < -0.3 is 23.7 Å². The maximum atomic E-state index is 14.1. The number of rotatable bonds is 10. The molecular weight excluding hydrogens is 600 g/mol. The lowest BCUT2D eigenvalue weighted by Crippen LogP contribution is -2.40. The first-order chi connectivity index (χ1) is 19.3. The molecule has 212 valence electrons. The second-order valence-electron chi connectivity index (χ2n) is 8.76. The number of carbonyl (C=O) groups excluding carboxylic acids is 1. The van der Waals surface area contributed by atoms with E-state index in [9.17, 15) is 9.59 Å². The van der Waals surface area contributed by atoms with E-state index in [1.807, 2.05) is 13.0 Å². The summed E-state index contributed by atoms with van der Waals surface area (Å²) in [6.07, 6.45) is 3.05. The number of ether oxygens (including phenoxy) is 5. The average Bonchev–Trinajstić information content (AvgIpc) is 3.25. The predicted octanol–water partition coefficient (Wildman–Crippen LogP) is 4.38. The zero-order chi connectivity index (χ0) is 29.0. The van der Waals surface area contributed by atoms with Crippen molar-refractivity contribution in [3.63, 3.8) is 0 Å². The van der Waals surface area contributed by atoms with Crippen LogP contribution in [0.5, 0.6) is 23.0 Å². The third kappa shape index (κ3) is 5.53. The minimum atomic E-state index is -0.832. The zero-order valence-electron chi connectivity index (χ0n) is 23.2. The van der Waals surface area contributed by atoms with Crippen LogP contribution in [-0.2, 0) is 9.53 Å². The number of nitrogens with zero attached hydrogens (tertiary/aromatic N) is 2. The van der Waals surface area contributed by atoms with Crippen LogP contribution in [-0.4, -0.2) is 45.6 Å². The number of carbonyl (C=O) groups is 1. The molecule has 0 bridgehead atoms. The molecule has 0 fully saturated rings. The maximum Gasteiger partial charge on any atom is 0.338 e. The van der Waals surface area contributed by atoms with Gasteiger partial charge in [0.05, 0.1) is 55.3 Å². The minimum Gasteiger partial charge on any atom is -0.497 e. The van der Waals surface area contributed by atoms with E-state index in [0.717, 1.165) is 12.0 Å². The Balaban J connectivity index is 2.05. The molecule has 0 unspecified atom stereocenters. The lowest BCUT2D eigenvalue weighted by molar-refractivity contribution is -0.139. The summed E-state index contributed by atoms with van der Waals surface area (Å²) < 4.78 is 30.2. The van der Waals surface area contributed by atoms with Crippen molar-refractivity contribution in [2.24, 2.45) is 4.99 Å². The zero-order valence-corrected chi connectivity index (χ0v) is 25.6. The van der Waals surface area contributed by atoms with Crippen LogP contribution in [0.2, 0.25) is 0 Å². The molecule has 2 heterocycles. The highest BCUT2D eigenvalue weighted by molar-refractivity contribution is 9.10. The van der Waals surface area contributed by atoms with Crippen LogP contribution in [0.1, 0.15) is 43.9 Å². The fraction of sp³-hybridized carbons (Fsp3) is 0.345. The number of halogens is 1. The molecule has 0 saturated heterocycles. The molecule has 1 atom stereocenters. The summed E-state index contributed by atoms with van der Waals surface area (Å²) in [6.45, 7) is 3.94. The van der Waals surface area contributed by atoms with Gasteiger partial charge in [-0.2, -0.15) is 0 Å². The molecule has 0 radical (unpaired) electrons. The van der Waals surface area contributed by atoms with Gasteiger partial charge in [-0.15, -0.1) is 0 Å². The van der Waals surface area contributed by atoms with Crippen molar-refractivity contribution in [3.05, 3.63) is 76.9 Å². The van der Waals surface area contributed by atoms with Crippen molar-refractivity contribution in [3.8, 4) is 23.0 Å². The van der Waals surface area contributed by atoms with Crippen molar-refractivity contribution in [1.29, 1.82) is 0 Å². The lowest BCUT2D eigenvalue weighted by Gasteiger charge is -2.27. The standard InChI is InChI=1S/C29H31BrN2O7S/c1-7-9-20-24(28(34)39-8-2)25(18-15-17(35-3)10-11-21(18)36-4)32-27(33)23(40-29(32)31-20)14-16-12-19(30)26(38-6)22(13-16)37-5/h10-15,25H,7-9H2,1-6H3/b23-14-/t25-/m1/s1. The smallest absolute Gasteiger partial charge is 0.338 e. The van der Waals surface area contributed by atoms with Gasteiger partial charge in [0, 0.05) is 5.56 Å². The van der Waals surface area contributed by atoms with Gasteiger partial charge in [-0.3, -0.25) is 9.36 Å². The molecule has 40 heavy (non-hydrogen) atoms. The summed E-state index contributed by atoms with van der Waals surface area (Å²) in [4.78, 5) is 32.8. The molecule has 0 aliphatic carbocycles. The number of hydrogen-bond donors (Lipinski definition) is 0. The molecule has 11 heteroatoms. The second-order valence-corrected chi connectivity index (χ2v) is 10.6. The first kappa shape index (κ1) is 29.4. The summed E-state index contributed by atoms with van der Waals surface area (Å²) in [5, 5.41) is 0. The number of thiazole rings is 1. The third-order valence-electron chi connectivity index (χ3n) is 6.38. The van der Waals surface area contributed by atoms with Crippen LogP contribution >= 0.6 is 27.3 Å². The molecule has 0 saturated carbocycles. The Morgan fingerprint density at radius 3 is 2.42 bits per heavy atom. The molecule has 3 aromatic rings. The van der Waals surface area contributed by atoms with Gasteiger partial charge in [0.25, 0.3) is 5.56 Å².